The highest BCUT2D eigenvalue weighted by Crippen LogP contribution is 2.38. The number of para-hydroxylation sites is 2. The maximum Gasteiger partial charge on any atom is 0.199 e. The molecule has 28 heavy (non-hydrogen) atoms. The minimum atomic E-state index is -0.308. The Bertz CT molecular complexity index is 1330. The highest BCUT2D eigenvalue weighted by atomic mass is 19.1. The molecule has 0 radical (unpaired) electrons. The first-order chi connectivity index (χ1) is 13.7. The summed E-state index contributed by atoms with van der Waals surface area (Å²) in [6, 6.07) is 23.6. The standard InChI is InChI=1S/C23H16FN3O/c24-14-6-5-7-15(12-14)25-20-13-21(26-18-10-3-1-8-16(18)20)22-17-9-2-4-11-19(17)27-23(22)28/h1-13,27-28H,(H,25,26). The van der Waals surface area contributed by atoms with E-state index in [-0.39, 0.29) is 11.7 Å². The van der Waals surface area contributed by atoms with Crippen molar-refractivity contribution in [1.82, 2.24) is 9.97 Å². The molecule has 5 heteroatoms. The van der Waals surface area contributed by atoms with E-state index in [0.717, 1.165) is 27.5 Å². The SMILES string of the molecule is Oc1[nH]c2ccccc2c1-c1cc(Nc2cccc(F)c2)c2ccccc2n1. The second-order valence-corrected chi connectivity index (χ2v) is 6.60. The number of nitrogens with one attached hydrogen (secondary N) is 2. The highest BCUT2D eigenvalue weighted by Gasteiger charge is 2.16. The largest absolute Gasteiger partial charge is 0.494 e. The molecule has 0 aliphatic heterocycles. The van der Waals surface area contributed by atoms with Gasteiger partial charge in [-0.2, -0.15) is 0 Å². The molecule has 5 aromatic rings. The molecule has 2 heterocycles. The lowest BCUT2D eigenvalue weighted by molar-refractivity contribution is 0.460. The van der Waals surface area contributed by atoms with Crippen LogP contribution in [0.15, 0.2) is 78.9 Å². The van der Waals surface area contributed by atoms with Crippen LogP contribution in [0, 0.1) is 5.82 Å². The molecule has 136 valence electrons. The second kappa shape index (κ2) is 6.39. The smallest absolute Gasteiger partial charge is 0.199 e. The summed E-state index contributed by atoms with van der Waals surface area (Å²) >= 11 is 0. The number of aromatic nitrogens is 2. The molecule has 5 rings (SSSR count). The highest BCUT2D eigenvalue weighted by molar-refractivity contribution is 6.02. The Morgan fingerprint density at radius 1 is 0.857 bits per heavy atom. The average molecular weight is 369 g/mol. The topological polar surface area (TPSA) is 60.9 Å². The van der Waals surface area contributed by atoms with E-state index in [9.17, 15) is 9.50 Å². The van der Waals surface area contributed by atoms with Gasteiger partial charge in [-0.15, -0.1) is 0 Å². The number of hydrogen-bond acceptors (Lipinski definition) is 3. The van der Waals surface area contributed by atoms with Crippen molar-refractivity contribution in [3.05, 3.63) is 84.7 Å². The number of hydrogen-bond donors (Lipinski definition) is 3. The van der Waals surface area contributed by atoms with Crippen molar-refractivity contribution in [2.75, 3.05) is 5.32 Å². The molecule has 0 unspecified atom stereocenters. The van der Waals surface area contributed by atoms with Crippen molar-refractivity contribution in [2.45, 2.75) is 0 Å². The number of benzene rings is 3. The van der Waals surface area contributed by atoms with Gasteiger partial charge in [-0.25, -0.2) is 9.37 Å². The van der Waals surface area contributed by atoms with Crippen molar-refractivity contribution in [3.8, 4) is 17.1 Å². The van der Waals surface area contributed by atoms with Crippen LogP contribution in [0.4, 0.5) is 15.8 Å². The van der Waals surface area contributed by atoms with Crippen molar-refractivity contribution in [3.63, 3.8) is 0 Å². The summed E-state index contributed by atoms with van der Waals surface area (Å²) in [7, 11) is 0. The Kier molecular flexibility index (Phi) is 3.72. The summed E-state index contributed by atoms with van der Waals surface area (Å²) in [6.07, 6.45) is 0. The Morgan fingerprint density at radius 2 is 1.64 bits per heavy atom. The zero-order chi connectivity index (χ0) is 19.1. The number of anilines is 2. The van der Waals surface area contributed by atoms with Crippen LogP contribution < -0.4 is 5.32 Å². The molecule has 2 aromatic heterocycles. The van der Waals surface area contributed by atoms with Crippen LogP contribution in [0.25, 0.3) is 33.1 Å². The quantitative estimate of drug-likeness (QED) is 0.367. The van der Waals surface area contributed by atoms with Crippen LogP contribution in [-0.4, -0.2) is 15.1 Å². The third-order valence-electron chi connectivity index (χ3n) is 4.76. The molecule has 0 bridgehead atoms. The van der Waals surface area contributed by atoms with Crippen molar-refractivity contribution in [2.24, 2.45) is 0 Å². The van der Waals surface area contributed by atoms with Gasteiger partial charge < -0.3 is 15.4 Å². The molecule has 0 saturated heterocycles. The zero-order valence-corrected chi connectivity index (χ0v) is 14.8. The minimum Gasteiger partial charge on any atom is -0.494 e. The summed E-state index contributed by atoms with van der Waals surface area (Å²) in [5, 5.41) is 15.6. The zero-order valence-electron chi connectivity index (χ0n) is 14.8. The van der Waals surface area contributed by atoms with Gasteiger partial charge in [0.2, 0.25) is 0 Å². The molecule has 0 aliphatic carbocycles. The number of aromatic amines is 1. The molecular formula is C23H16FN3O. The first-order valence-electron chi connectivity index (χ1n) is 8.91. The minimum absolute atomic E-state index is 0.0701. The van der Waals surface area contributed by atoms with Crippen molar-refractivity contribution in [1.29, 1.82) is 0 Å². The predicted molar refractivity (Wildman–Crippen MR) is 110 cm³/mol. The normalized spacial score (nSPS) is 11.2. The third-order valence-corrected chi connectivity index (χ3v) is 4.76. The van der Waals surface area contributed by atoms with Crippen LogP contribution in [0.1, 0.15) is 0 Å². The van der Waals surface area contributed by atoms with Gasteiger partial charge in [-0.05, 0) is 36.4 Å². The van der Waals surface area contributed by atoms with Crippen LogP contribution >= 0.6 is 0 Å². The lowest BCUT2D eigenvalue weighted by atomic mass is 10.1. The number of H-pyrrole nitrogens is 1. The van der Waals surface area contributed by atoms with Gasteiger partial charge in [-0.1, -0.05) is 42.5 Å². The second-order valence-electron chi connectivity index (χ2n) is 6.60. The van der Waals surface area contributed by atoms with Gasteiger partial charge in [-0.3, -0.25) is 0 Å². The summed E-state index contributed by atoms with van der Waals surface area (Å²) in [6.45, 7) is 0. The van der Waals surface area contributed by atoms with E-state index in [0.29, 0.717) is 16.9 Å². The van der Waals surface area contributed by atoms with Crippen LogP contribution in [0.2, 0.25) is 0 Å². The average Bonchev–Trinajstić information content (AvgIpc) is 3.03. The monoisotopic (exact) mass is 369 g/mol. The number of halogens is 1. The third kappa shape index (κ3) is 2.74. The van der Waals surface area contributed by atoms with Gasteiger partial charge in [0.15, 0.2) is 5.88 Å². The number of fused-ring (bicyclic) bond motifs is 2. The van der Waals surface area contributed by atoms with Gasteiger partial charge in [0.1, 0.15) is 5.82 Å². The molecule has 4 nitrogen and oxygen atoms in total. The molecular weight excluding hydrogens is 353 g/mol. The van der Waals surface area contributed by atoms with Gasteiger partial charge in [0.05, 0.1) is 22.5 Å². The van der Waals surface area contributed by atoms with E-state index in [1.807, 2.05) is 54.6 Å². The van der Waals surface area contributed by atoms with E-state index in [1.165, 1.54) is 12.1 Å². The summed E-state index contributed by atoms with van der Waals surface area (Å²) < 4.78 is 13.6. The van der Waals surface area contributed by atoms with Crippen LogP contribution in [0.3, 0.4) is 0 Å². The molecule has 0 atom stereocenters. The Labute approximate surface area is 160 Å². The Balaban J connectivity index is 1.73. The first-order valence-corrected chi connectivity index (χ1v) is 8.91. The predicted octanol–water partition coefficient (Wildman–Crippen LogP) is 5.97. The van der Waals surface area contributed by atoms with Crippen LogP contribution in [-0.2, 0) is 0 Å². The number of pyridine rings is 1. The Hall–Kier alpha value is -3.86. The summed E-state index contributed by atoms with van der Waals surface area (Å²) in [5.41, 5.74) is 4.32. The molecule has 0 saturated carbocycles. The molecule has 3 N–H and O–H groups in total. The van der Waals surface area contributed by atoms with Crippen molar-refractivity contribution < 1.29 is 9.50 Å². The lowest BCUT2D eigenvalue weighted by Gasteiger charge is -2.12. The Morgan fingerprint density at radius 3 is 2.50 bits per heavy atom. The van der Waals surface area contributed by atoms with E-state index in [4.69, 9.17) is 4.98 Å². The molecule has 0 amide bonds. The molecule has 0 fully saturated rings. The lowest BCUT2D eigenvalue weighted by Crippen LogP contribution is -1.95. The van der Waals surface area contributed by atoms with Gasteiger partial charge in [0.25, 0.3) is 0 Å². The fourth-order valence-electron chi connectivity index (χ4n) is 3.52. The van der Waals surface area contributed by atoms with E-state index in [2.05, 4.69) is 10.3 Å². The van der Waals surface area contributed by atoms with Crippen molar-refractivity contribution >= 4 is 33.2 Å². The van der Waals surface area contributed by atoms with E-state index < -0.39 is 0 Å². The number of nitrogens with zero attached hydrogens (tertiary/aromatic N) is 1. The molecule has 3 aromatic carbocycles. The fraction of sp³-hybridized carbons (Fsp3) is 0. The molecule has 0 spiro atoms. The number of rotatable bonds is 3. The fourth-order valence-corrected chi connectivity index (χ4v) is 3.52. The van der Waals surface area contributed by atoms with E-state index in [1.54, 1.807) is 12.1 Å². The van der Waals surface area contributed by atoms with Gasteiger partial charge >= 0.3 is 0 Å². The van der Waals surface area contributed by atoms with E-state index >= 15 is 0 Å². The first kappa shape index (κ1) is 16.3. The molecule has 0 aliphatic rings. The maximum absolute atomic E-state index is 13.6. The maximum atomic E-state index is 13.6. The number of aromatic hydroxyl groups is 1. The van der Waals surface area contributed by atoms with Gasteiger partial charge in [0, 0.05) is 22.0 Å². The summed E-state index contributed by atoms with van der Waals surface area (Å²) in [4.78, 5) is 7.75. The summed E-state index contributed by atoms with van der Waals surface area (Å²) in [5.74, 6) is -0.237. The van der Waals surface area contributed by atoms with Crippen LogP contribution in [0.5, 0.6) is 5.88 Å².